The van der Waals surface area contributed by atoms with E-state index in [-0.39, 0.29) is 11.7 Å². The Morgan fingerprint density at radius 1 is 1.33 bits per heavy atom. The molecule has 0 aromatic carbocycles. The van der Waals surface area contributed by atoms with Crippen LogP contribution in [0.2, 0.25) is 0 Å². The van der Waals surface area contributed by atoms with Gasteiger partial charge in [-0.15, -0.1) is 0 Å². The predicted molar refractivity (Wildman–Crippen MR) is 81.4 cm³/mol. The molecule has 0 aliphatic heterocycles. The van der Waals surface area contributed by atoms with E-state index < -0.39 is 5.54 Å². The molecule has 0 spiro atoms. The number of nitrogens with zero attached hydrogens (tertiary/aromatic N) is 3. The van der Waals surface area contributed by atoms with Crippen molar-refractivity contribution in [2.24, 2.45) is 0 Å². The zero-order valence-corrected chi connectivity index (χ0v) is 12.7. The van der Waals surface area contributed by atoms with Gasteiger partial charge in [-0.1, -0.05) is 37.4 Å². The number of nitriles is 1. The Labute approximate surface area is 128 Å². The number of thioether (sulfide) groups is 1. The molecule has 7 heteroatoms. The van der Waals surface area contributed by atoms with E-state index in [1.165, 1.54) is 18.0 Å². The topological polar surface area (TPSA) is 105 Å². The predicted octanol–water partition coefficient (Wildman–Crippen LogP) is 1.88. The normalized spacial score (nSPS) is 17.5. The molecule has 0 radical (unpaired) electrons. The molecule has 0 bridgehead atoms. The molecule has 1 aromatic heterocycles. The average molecular weight is 305 g/mol. The van der Waals surface area contributed by atoms with Gasteiger partial charge in [-0.2, -0.15) is 5.26 Å². The second-order valence-electron chi connectivity index (χ2n) is 5.19. The van der Waals surface area contributed by atoms with Gasteiger partial charge < -0.3 is 11.1 Å². The summed E-state index contributed by atoms with van der Waals surface area (Å²) in [6.07, 6.45) is 8.74. The number of carbonyl (C=O) groups excluding carboxylic acids is 1. The van der Waals surface area contributed by atoms with Gasteiger partial charge in [0.25, 0.3) is 0 Å². The molecule has 21 heavy (non-hydrogen) atoms. The van der Waals surface area contributed by atoms with Crippen molar-refractivity contribution in [3.8, 4) is 6.07 Å². The first-order valence-corrected chi connectivity index (χ1v) is 8.05. The van der Waals surface area contributed by atoms with Crippen molar-refractivity contribution in [3.63, 3.8) is 0 Å². The fraction of sp³-hybridized carbons (Fsp3) is 0.571. The second kappa shape index (κ2) is 7.27. The number of aromatic nitrogens is 2. The SMILES string of the molecule is N#CC1(NC(=O)CSc2nccnc2N)CCCCCC1. The van der Waals surface area contributed by atoms with Crippen LogP contribution in [0.15, 0.2) is 17.4 Å². The molecule has 0 saturated heterocycles. The Balaban J connectivity index is 1.91. The van der Waals surface area contributed by atoms with Crippen LogP contribution in [-0.4, -0.2) is 27.2 Å². The molecule has 1 saturated carbocycles. The Hall–Kier alpha value is -1.81. The van der Waals surface area contributed by atoms with Crippen LogP contribution in [0.5, 0.6) is 0 Å². The van der Waals surface area contributed by atoms with Crippen molar-refractivity contribution < 1.29 is 4.79 Å². The van der Waals surface area contributed by atoms with Crippen LogP contribution < -0.4 is 11.1 Å². The van der Waals surface area contributed by atoms with Gasteiger partial charge in [-0.05, 0) is 12.8 Å². The molecule has 1 fully saturated rings. The van der Waals surface area contributed by atoms with E-state index in [9.17, 15) is 10.1 Å². The number of carbonyl (C=O) groups is 1. The maximum Gasteiger partial charge on any atom is 0.231 e. The minimum atomic E-state index is -0.706. The summed E-state index contributed by atoms with van der Waals surface area (Å²) in [6.45, 7) is 0. The molecule has 1 aliphatic rings. The van der Waals surface area contributed by atoms with Crippen LogP contribution in [0.1, 0.15) is 38.5 Å². The van der Waals surface area contributed by atoms with E-state index in [1.807, 2.05) is 0 Å². The number of hydrogen-bond acceptors (Lipinski definition) is 6. The molecule has 6 nitrogen and oxygen atoms in total. The van der Waals surface area contributed by atoms with E-state index in [0.29, 0.717) is 10.8 Å². The van der Waals surface area contributed by atoms with Crippen molar-refractivity contribution in [3.05, 3.63) is 12.4 Å². The molecule has 1 amide bonds. The van der Waals surface area contributed by atoms with Crippen LogP contribution in [0.3, 0.4) is 0 Å². The Kier molecular flexibility index (Phi) is 5.39. The van der Waals surface area contributed by atoms with Gasteiger partial charge in [0.1, 0.15) is 10.6 Å². The third-order valence-electron chi connectivity index (χ3n) is 3.58. The molecule has 112 valence electrons. The third kappa shape index (κ3) is 4.33. The molecule has 3 N–H and O–H groups in total. The zero-order valence-electron chi connectivity index (χ0n) is 11.8. The average Bonchev–Trinajstić information content (AvgIpc) is 2.72. The summed E-state index contributed by atoms with van der Waals surface area (Å²) in [5.41, 5.74) is 4.98. The summed E-state index contributed by atoms with van der Waals surface area (Å²) in [7, 11) is 0. The Bertz CT molecular complexity index is 534. The number of rotatable bonds is 4. The quantitative estimate of drug-likeness (QED) is 0.650. The summed E-state index contributed by atoms with van der Waals surface area (Å²) in [5, 5.41) is 12.9. The highest BCUT2D eigenvalue weighted by Crippen LogP contribution is 2.27. The van der Waals surface area contributed by atoms with Crippen molar-refractivity contribution in [1.29, 1.82) is 5.26 Å². The largest absolute Gasteiger partial charge is 0.381 e. The monoisotopic (exact) mass is 305 g/mol. The maximum absolute atomic E-state index is 12.1. The third-order valence-corrected chi connectivity index (χ3v) is 4.58. The number of nitrogen functional groups attached to an aromatic ring is 1. The van der Waals surface area contributed by atoms with Gasteiger partial charge in [0, 0.05) is 12.4 Å². The smallest absolute Gasteiger partial charge is 0.231 e. The molecule has 1 aromatic rings. The Morgan fingerprint density at radius 3 is 2.62 bits per heavy atom. The minimum absolute atomic E-state index is 0.159. The van der Waals surface area contributed by atoms with Gasteiger partial charge in [0.2, 0.25) is 5.91 Å². The van der Waals surface area contributed by atoms with E-state index in [2.05, 4.69) is 21.4 Å². The maximum atomic E-state index is 12.1. The highest BCUT2D eigenvalue weighted by Gasteiger charge is 2.32. The standard InChI is InChI=1S/C14H19N5OS/c15-10-14(5-3-1-2-4-6-14)19-11(20)9-21-13-12(16)17-7-8-18-13/h7-8H,1-6,9H2,(H2,16,17)(H,19,20). The summed E-state index contributed by atoms with van der Waals surface area (Å²) < 4.78 is 0. The number of hydrogen-bond donors (Lipinski definition) is 2. The lowest BCUT2D eigenvalue weighted by molar-refractivity contribution is -0.120. The van der Waals surface area contributed by atoms with Crippen molar-refractivity contribution in [1.82, 2.24) is 15.3 Å². The number of amides is 1. The second-order valence-corrected chi connectivity index (χ2v) is 6.16. The molecular formula is C14H19N5OS. The molecule has 2 rings (SSSR count). The summed E-state index contributed by atoms with van der Waals surface area (Å²) in [4.78, 5) is 20.1. The summed E-state index contributed by atoms with van der Waals surface area (Å²) in [5.74, 6) is 0.347. The fourth-order valence-corrected chi connectivity index (χ4v) is 3.16. The zero-order chi connectivity index (χ0) is 15.1. The Morgan fingerprint density at radius 2 is 2.00 bits per heavy atom. The van der Waals surface area contributed by atoms with Gasteiger partial charge in [-0.3, -0.25) is 4.79 Å². The first-order chi connectivity index (χ1) is 10.2. The first kappa shape index (κ1) is 15.6. The molecule has 1 aliphatic carbocycles. The molecular weight excluding hydrogens is 286 g/mol. The first-order valence-electron chi connectivity index (χ1n) is 7.07. The lowest BCUT2D eigenvalue weighted by atomic mass is 9.92. The highest BCUT2D eigenvalue weighted by atomic mass is 32.2. The van der Waals surface area contributed by atoms with E-state index >= 15 is 0 Å². The van der Waals surface area contributed by atoms with Crippen molar-refractivity contribution in [2.75, 3.05) is 11.5 Å². The number of anilines is 1. The van der Waals surface area contributed by atoms with Crippen LogP contribution in [0, 0.1) is 11.3 Å². The van der Waals surface area contributed by atoms with Crippen LogP contribution in [0.4, 0.5) is 5.82 Å². The van der Waals surface area contributed by atoms with Gasteiger partial charge in [0.05, 0.1) is 11.8 Å². The van der Waals surface area contributed by atoms with Crippen molar-refractivity contribution >= 4 is 23.5 Å². The van der Waals surface area contributed by atoms with Gasteiger partial charge in [0.15, 0.2) is 5.82 Å². The fourth-order valence-electron chi connectivity index (χ4n) is 2.48. The summed E-state index contributed by atoms with van der Waals surface area (Å²) in [6, 6.07) is 2.30. The molecule has 0 unspecified atom stereocenters. The summed E-state index contributed by atoms with van der Waals surface area (Å²) >= 11 is 1.24. The lowest BCUT2D eigenvalue weighted by Gasteiger charge is -2.26. The molecule has 0 atom stereocenters. The van der Waals surface area contributed by atoms with Crippen LogP contribution >= 0.6 is 11.8 Å². The van der Waals surface area contributed by atoms with Crippen LogP contribution in [-0.2, 0) is 4.79 Å². The molecule has 1 heterocycles. The minimum Gasteiger partial charge on any atom is -0.381 e. The van der Waals surface area contributed by atoms with Gasteiger partial charge >= 0.3 is 0 Å². The number of nitrogens with two attached hydrogens (primary N) is 1. The lowest BCUT2D eigenvalue weighted by Crippen LogP contribution is -2.47. The van der Waals surface area contributed by atoms with Crippen LogP contribution in [0.25, 0.3) is 0 Å². The highest BCUT2D eigenvalue weighted by molar-refractivity contribution is 8.00. The van der Waals surface area contributed by atoms with E-state index in [4.69, 9.17) is 5.73 Å². The number of nitrogens with one attached hydrogen (secondary N) is 1. The van der Waals surface area contributed by atoms with Gasteiger partial charge in [-0.25, -0.2) is 9.97 Å². The van der Waals surface area contributed by atoms with Crippen molar-refractivity contribution in [2.45, 2.75) is 49.1 Å². The van der Waals surface area contributed by atoms with E-state index in [1.54, 1.807) is 6.20 Å². The van der Waals surface area contributed by atoms with E-state index in [0.717, 1.165) is 38.5 Å².